The quantitative estimate of drug-likeness (QED) is 0.530. The van der Waals surface area contributed by atoms with Crippen molar-refractivity contribution >= 4 is 11.8 Å². The van der Waals surface area contributed by atoms with Gasteiger partial charge in [0.1, 0.15) is 0 Å². The minimum absolute atomic E-state index is 0.113. The second-order valence-electron chi connectivity index (χ2n) is 10.3. The average Bonchev–Trinajstić information content (AvgIpc) is 2.50. The molecule has 1 unspecified atom stereocenters. The zero-order chi connectivity index (χ0) is 19.8. The molecule has 0 bridgehead atoms. The van der Waals surface area contributed by atoms with E-state index in [1.807, 2.05) is 0 Å². The molecule has 0 radical (unpaired) electrons. The van der Waals surface area contributed by atoms with E-state index >= 15 is 0 Å². The molecule has 2 aromatic carbocycles. The lowest BCUT2D eigenvalue weighted by molar-refractivity contribution is 0.556. The molecule has 0 nitrogen and oxygen atoms in total. The molecular formula is C25H36S. The number of benzene rings is 2. The Morgan fingerprint density at radius 2 is 1.08 bits per heavy atom. The van der Waals surface area contributed by atoms with Crippen LogP contribution < -0.4 is 0 Å². The molecular weight excluding hydrogens is 332 g/mol. The van der Waals surface area contributed by atoms with Crippen molar-refractivity contribution in [3.05, 3.63) is 70.8 Å². The van der Waals surface area contributed by atoms with Gasteiger partial charge in [-0.3, -0.25) is 0 Å². The maximum atomic E-state index is 2.34. The van der Waals surface area contributed by atoms with Crippen molar-refractivity contribution in [1.29, 1.82) is 0 Å². The van der Waals surface area contributed by atoms with Crippen molar-refractivity contribution in [3.63, 3.8) is 0 Å². The molecule has 0 heterocycles. The molecule has 1 heteroatoms. The van der Waals surface area contributed by atoms with Gasteiger partial charge in [-0.25, -0.2) is 0 Å². The lowest BCUT2D eigenvalue weighted by atomic mass is 9.74. The van der Waals surface area contributed by atoms with Crippen LogP contribution in [0.25, 0.3) is 0 Å². The van der Waals surface area contributed by atoms with Crippen LogP contribution in [-0.4, -0.2) is 4.75 Å². The zero-order valence-electron chi connectivity index (χ0n) is 18.1. The first-order chi connectivity index (χ1) is 11.8. The fraction of sp³-hybridized carbons (Fsp3) is 0.520. The zero-order valence-corrected chi connectivity index (χ0v) is 18.9. The van der Waals surface area contributed by atoms with E-state index in [4.69, 9.17) is 0 Å². The molecule has 0 aliphatic heterocycles. The number of hydrogen-bond acceptors (Lipinski definition) is 1. The molecule has 0 aliphatic carbocycles. The van der Waals surface area contributed by atoms with Crippen molar-refractivity contribution in [1.82, 2.24) is 0 Å². The second-order valence-corrected chi connectivity index (χ2v) is 12.2. The van der Waals surface area contributed by atoms with Gasteiger partial charge in [0.2, 0.25) is 0 Å². The van der Waals surface area contributed by atoms with Crippen LogP contribution in [0.1, 0.15) is 89.8 Å². The Balaban J connectivity index is 2.81. The van der Waals surface area contributed by atoms with Crippen molar-refractivity contribution in [2.24, 2.45) is 0 Å². The van der Waals surface area contributed by atoms with Crippen LogP contribution in [-0.2, 0) is 10.8 Å². The molecule has 0 N–H and O–H groups in total. The van der Waals surface area contributed by atoms with E-state index < -0.39 is 0 Å². The van der Waals surface area contributed by atoms with Gasteiger partial charge in [-0.05, 0) is 33.1 Å². The summed E-state index contributed by atoms with van der Waals surface area (Å²) >= 11 is 2.07. The Kier molecular flexibility index (Phi) is 6.03. The van der Waals surface area contributed by atoms with Gasteiger partial charge in [-0.15, -0.1) is 11.8 Å². The topological polar surface area (TPSA) is 0 Å². The SMILES string of the molecule is CC(C)(C)SC(c1ccccc1)c1c(C(C)(C)C)cccc1C(C)(C)C. The highest BCUT2D eigenvalue weighted by Gasteiger charge is 2.32. The molecule has 142 valence electrons. The minimum Gasteiger partial charge on any atom is -0.143 e. The molecule has 0 aliphatic rings. The van der Waals surface area contributed by atoms with Gasteiger partial charge in [-0.1, -0.05) is 111 Å². The Morgan fingerprint density at radius 3 is 1.46 bits per heavy atom. The lowest BCUT2D eigenvalue weighted by Crippen LogP contribution is -2.24. The van der Waals surface area contributed by atoms with E-state index in [-0.39, 0.29) is 15.6 Å². The van der Waals surface area contributed by atoms with Crippen LogP contribution >= 0.6 is 11.8 Å². The Bertz CT molecular complexity index is 689. The third-order valence-corrected chi connectivity index (χ3v) is 6.01. The fourth-order valence-corrected chi connectivity index (χ4v) is 4.80. The Morgan fingerprint density at radius 1 is 0.615 bits per heavy atom. The summed E-state index contributed by atoms with van der Waals surface area (Å²) in [5.41, 5.74) is 6.07. The second kappa shape index (κ2) is 7.43. The number of rotatable bonds is 3. The molecule has 2 rings (SSSR count). The first kappa shape index (κ1) is 21.1. The predicted octanol–water partition coefficient (Wildman–Crippen LogP) is 7.90. The summed E-state index contributed by atoms with van der Waals surface area (Å²) in [5, 5.41) is 0.334. The molecule has 0 saturated carbocycles. The van der Waals surface area contributed by atoms with Gasteiger partial charge in [0.15, 0.2) is 0 Å². The van der Waals surface area contributed by atoms with Gasteiger partial charge >= 0.3 is 0 Å². The maximum absolute atomic E-state index is 2.34. The molecule has 26 heavy (non-hydrogen) atoms. The third kappa shape index (κ3) is 5.16. The highest BCUT2D eigenvalue weighted by molar-refractivity contribution is 8.01. The summed E-state index contributed by atoms with van der Waals surface area (Å²) in [7, 11) is 0. The number of hydrogen-bond donors (Lipinski definition) is 0. The van der Waals surface area contributed by atoms with Crippen LogP contribution in [0, 0.1) is 0 Å². The van der Waals surface area contributed by atoms with Crippen LogP contribution in [0.4, 0.5) is 0 Å². The molecule has 0 fully saturated rings. The van der Waals surface area contributed by atoms with Gasteiger partial charge < -0.3 is 0 Å². The van der Waals surface area contributed by atoms with Gasteiger partial charge in [0, 0.05) is 4.75 Å². The molecule has 0 aromatic heterocycles. The minimum atomic E-state index is 0.113. The summed E-state index contributed by atoms with van der Waals surface area (Å²) in [6, 6.07) is 17.9. The van der Waals surface area contributed by atoms with E-state index in [0.29, 0.717) is 5.25 Å². The van der Waals surface area contributed by atoms with E-state index in [1.165, 1.54) is 22.3 Å². The molecule has 0 saturated heterocycles. The van der Waals surface area contributed by atoms with Crippen LogP contribution in [0.15, 0.2) is 48.5 Å². The summed E-state index contributed by atoms with van der Waals surface area (Å²) in [5.74, 6) is 0. The van der Waals surface area contributed by atoms with Crippen LogP contribution in [0.2, 0.25) is 0 Å². The van der Waals surface area contributed by atoms with Gasteiger partial charge in [0.05, 0.1) is 5.25 Å². The van der Waals surface area contributed by atoms with Crippen molar-refractivity contribution in [3.8, 4) is 0 Å². The molecule has 2 aromatic rings. The standard InChI is InChI=1S/C25H36S/c1-23(2,3)19-16-13-17-20(24(4,5)6)21(19)22(26-25(7,8)9)18-14-11-10-12-15-18/h10-17,22H,1-9H3. The smallest absolute Gasteiger partial charge is 0.0557 e. The largest absolute Gasteiger partial charge is 0.143 e. The van der Waals surface area contributed by atoms with E-state index in [9.17, 15) is 0 Å². The van der Waals surface area contributed by atoms with Crippen LogP contribution in [0.5, 0.6) is 0 Å². The van der Waals surface area contributed by atoms with Gasteiger partial charge in [0.25, 0.3) is 0 Å². The number of thioether (sulfide) groups is 1. The van der Waals surface area contributed by atoms with Crippen molar-refractivity contribution < 1.29 is 0 Å². The van der Waals surface area contributed by atoms with E-state index in [1.54, 1.807) is 0 Å². The first-order valence-electron chi connectivity index (χ1n) is 9.67. The third-order valence-electron chi connectivity index (χ3n) is 4.56. The summed E-state index contributed by atoms with van der Waals surface area (Å²) < 4.78 is 0.181. The van der Waals surface area contributed by atoms with Crippen LogP contribution in [0.3, 0.4) is 0 Å². The predicted molar refractivity (Wildman–Crippen MR) is 119 cm³/mol. The van der Waals surface area contributed by atoms with Crippen molar-refractivity contribution in [2.45, 2.75) is 83.1 Å². The highest BCUT2D eigenvalue weighted by atomic mass is 32.2. The molecule has 0 spiro atoms. The lowest BCUT2D eigenvalue weighted by Gasteiger charge is -2.36. The summed E-state index contributed by atoms with van der Waals surface area (Å²) in [6.45, 7) is 21.0. The van der Waals surface area contributed by atoms with E-state index in [0.717, 1.165) is 0 Å². The Hall–Kier alpha value is -1.21. The summed E-state index contributed by atoms with van der Waals surface area (Å²) in [4.78, 5) is 0. The maximum Gasteiger partial charge on any atom is 0.0557 e. The van der Waals surface area contributed by atoms with E-state index in [2.05, 4.69) is 123 Å². The van der Waals surface area contributed by atoms with Crippen molar-refractivity contribution in [2.75, 3.05) is 0 Å². The molecule has 0 amide bonds. The highest BCUT2D eigenvalue weighted by Crippen LogP contribution is 2.49. The molecule has 1 atom stereocenters. The van der Waals surface area contributed by atoms with Gasteiger partial charge in [-0.2, -0.15) is 0 Å². The Labute approximate surface area is 165 Å². The fourth-order valence-electron chi connectivity index (χ4n) is 3.43. The average molecular weight is 369 g/mol. The normalized spacial score (nSPS) is 14.3. The first-order valence-corrected chi connectivity index (χ1v) is 10.6. The monoisotopic (exact) mass is 368 g/mol. The summed E-state index contributed by atoms with van der Waals surface area (Å²) in [6.07, 6.45) is 0.